The van der Waals surface area contributed by atoms with Crippen LogP contribution in [-0.2, 0) is 27.9 Å². The Kier molecular flexibility index (Phi) is 6.73. The SMILES string of the molecule is CC(C)[C@H]1C(=O)N(S(C)(=O)=O)[C@H]2CCN(C(=O)c3ccc(CNCc4ccc(F)cc4)nc3)[C@H]12. The number of nitrogens with one attached hydrogen (secondary N) is 1. The van der Waals surface area contributed by atoms with Crippen LogP contribution in [0.2, 0.25) is 0 Å². The van der Waals surface area contributed by atoms with E-state index >= 15 is 0 Å². The summed E-state index contributed by atoms with van der Waals surface area (Å²) >= 11 is 0. The molecule has 3 atom stereocenters. The fraction of sp³-hybridized carbons (Fsp3) is 0.458. The minimum atomic E-state index is -3.71. The van der Waals surface area contributed by atoms with Crippen molar-refractivity contribution in [2.24, 2.45) is 11.8 Å². The van der Waals surface area contributed by atoms with Crippen LogP contribution >= 0.6 is 0 Å². The van der Waals surface area contributed by atoms with Crippen LogP contribution in [0.5, 0.6) is 0 Å². The van der Waals surface area contributed by atoms with Gasteiger partial charge in [0.05, 0.1) is 35.5 Å². The van der Waals surface area contributed by atoms with E-state index in [1.807, 2.05) is 13.8 Å². The summed E-state index contributed by atoms with van der Waals surface area (Å²) in [5.41, 5.74) is 2.10. The minimum absolute atomic E-state index is 0.104. The minimum Gasteiger partial charge on any atom is -0.333 e. The number of rotatable bonds is 7. The molecule has 1 aromatic carbocycles. The second-order valence-electron chi connectivity index (χ2n) is 9.28. The largest absolute Gasteiger partial charge is 0.333 e. The number of halogens is 1. The van der Waals surface area contributed by atoms with Crippen molar-refractivity contribution in [3.05, 3.63) is 65.2 Å². The van der Waals surface area contributed by atoms with E-state index in [1.54, 1.807) is 29.2 Å². The highest BCUT2D eigenvalue weighted by Gasteiger charge is 2.58. The molecule has 3 heterocycles. The summed E-state index contributed by atoms with van der Waals surface area (Å²) in [6.07, 6.45) is 2.99. The number of benzene rings is 1. The van der Waals surface area contributed by atoms with Crippen molar-refractivity contribution >= 4 is 21.8 Å². The van der Waals surface area contributed by atoms with Crippen LogP contribution in [0.4, 0.5) is 4.39 Å². The van der Waals surface area contributed by atoms with Crippen LogP contribution in [0, 0.1) is 17.7 Å². The highest BCUT2D eigenvalue weighted by molar-refractivity contribution is 7.88. The zero-order chi connectivity index (χ0) is 24.6. The molecule has 10 heteroatoms. The molecule has 4 rings (SSSR count). The summed E-state index contributed by atoms with van der Waals surface area (Å²) in [4.78, 5) is 32.3. The highest BCUT2D eigenvalue weighted by atomic mass is 32.2. The van der Waals surface area contributed by atoms with Crippen molar-refractivity contribution < 1.29 is 22.4 Å². The number of carbonyl (C=O) groups excluding carboxylic acids is 2. The van der Waals surface area contributed by atoms with Gasteiger partial charge in [0.2, 0.25) is 15.9 Å². The van der Waals surface area contributed by atoms with Crippen molar-refractivity contribution in [1.29, 1.82) is 0 Å². The molecule has 2 aromatic rings. The van der Waals surface area contributed by atoms with Crippen molar-refractivity contribution in [2.75, 3.05) is 12.8 Å². The van der Waals surface area contributed by atoms with Crippen LogP contribution in [0.3, 0.4) is 0 Å². The Morgan fingerprint density at radius 1 is 1.18 bits per heavy atom. The Bertz CT molecular complexity index is 1170. The number of hydrogen-bond donors (Lipinski definition) is 1. The Morgan fingerprint density at radius 3 is 2.47 bits per heavy atom. The second-order valence-corrected chi connectivity index (χ2v) is 11.1. The van der Waals surface area contributed by atoms with Crippen LogP contribution < -0.4 is 5.32 Å². The van der Waals surface area contributed by atoms with Crippen molar-refractivity contribution in [1.82, 2.24) is 19.5 Å². The van der Waals surface area contributed by atoms with Gasteiger partial charge in [-0.1, -0.05) is 26.0 Å². The monoisotopic (exact) mass is 488 g/mol. The molecule has 182 valence electrons. The van der Waals surface area contributed by atoms with Gasteiger partial charge in [0.25, 0.3) is 5.91 Å². The molecular formula is C24H29FN4O4S. The normalized spacial score (nSPS) is 22.5. The lowest BCUT2D eigenvalue weighted by Crippen LogP contribution is -2.44. The molecule has 0 saturated carbocycles. The fourth-order valence-electron chi connectivity index (χ4n) is 5.03. The van der Waals surface area contributed by atoms with Gasteiger partial charge in [-0.25, -0.2) is 17.1 Å². The summed E-state index contributed by atoms with van der Waals surface area (Å²) < 4.78 is 38.6. The maximum Gasteiger partial charge on any atom is 0.255 e. The van der Waals surface area contributed by atoms with Crippen molar-refractivity contribution in [2.45, 2.75) is 45.4 Å². The van der Waals surface area contributed by atoms with Crippen LogP contribution in [0.25, 0.3) is 0 Å². The maximum absolute atomic E-state index is 13.3. The number of aromatic nitrogens is 1. The molecule has 0 bridgehead atoms. The number of amides is 2. The lowest BCUT2D eigenvalue weighted by Gasteiger charge is -2.29. The molecule has 34 heavy (non-hydrogen) atoms. The Balaban J connectivity index is 1.44. The first-order valence-electron chi connectivity index (χ1n) is 11.3. The van der Waals surface area contributed by atoms with E-state index in [1.165, 1.54) is 18.3 Å². The highest BCUT2D eigenvalue weighted by Crippen LogP contribution is 2.41. The van der Waals surface area contributed by atoms with Crippen molar-refractivity contribution in [3.8, 4) is 0 Å². The lowest BCUT2D eigenvalue weighted by atomic mass is 9.88. The van der Waals surface area contributed by atoms with Gasteiger partial charge >= 0.3 is 0 Å². The van der Waals surface area contributed by atoms with Crippen LogP contribution in [0.1, 0.15) is 41.9 Å². The van der Waals surface area contributed by atoms with Gasteiger partial charge in [0.1, 0.15) is 5.82 Å². The molecule has 1 aromatic heterocycles. The average Bonchev–Trinajstić information content (AvgIpc) is 3.31. The molecule has 2 aliphatic rings. The summed E-state index contributed by atoms with van der Waals surface area (Å²) in [5, 5.41) is 3.23. The molecule has 0 unspecified atom stereocenters. The Morgan fingerprint density at radius 2 is 1.88 bits per heavy atom. The van der Waals surface area contributed by atoms with Crippen LogP contribution in [0.15, 0.2) is 42.6 Å². The quantitative estimate of drug-likeness (QED) is 0.641. The molecule has 0 spiro atoms. The fourth-order valence-corrected chi connectivity index (χ4v) is 6.20. The molecular weight excluding hydrogens is 459 g/mol. The van der Waals surface area contributed by atoms with E-state index in [9.17, 15) is 22.4 Å². The number of hydrogen-bond acceptors (Lipinski definition) is 6. The first-order valence-corrected chi connectivity index (χ1v) is 13.2. The first kappa shape index (κ1) is 24.3. The zero-order valence-corrected chi connectivity index (χ0v) is 20.3. The van der Waals surface area contributed by atoms with Gasteiger partial charge in [0.15, 0.2) is 0 Å². The third-order valence-corrected chi connectivity index (χ3v) is 7.71. The number of nitrogens with zero attached hydrogens (tertiary/aromatic N) is 3. The molecule has 2 aliphatic heterocycles. The lowest BCUT2D eigenvalue weighted by molar-refractivity contribution is -0.129. The number of fused-ring (bicyclic) bond motifs is 1. The third kappa shape index (κ3) is 4.69. The van der Waals surface area contributed by atoms with Crippen LogP contribution in [-0.4, -0.2) is 59.3 Å². The standard InChI is InChI=1S/C24H29FN4O4S/c1-15(2)21-22-20(29(24(21)31)34(3,32)33)10-11-28(22)23(30)17-6-9-19(27-13-17)14-26-12-16-4-7-18(25)8-5-16/h4-9,13,15,20-22,26H,10-12,14H2,1-3H3/t20-,21+,22-/m0/s1. The van der Waals surface area contributed by atoms with Crippen molar-refractivity contribution in [3.63, 3.8) is 0 Å². The number of sulfonamides is 1. The Hall–Kier alpha value is -2.85. The Labute approximate surface area is 199 Å². The molecule has 2 amide bonds. The molecule has 0 aliphatic carbocycles. The van der Waals surface area contributed by atoms with Gasteiger partial charge in [-0.15, -0.1) is 0 Å². The van der Waals surface area contributed by atoms with E-state index in [0.29, 0.717) is 31.6 Å². The number of likely N-dealkylation sites (tertiary alicyclic amines) is 1. The topological polar surface area (TPSA) is 99.7 Å². The van der Waals surface area contributed by atoms with Gasteiger partial charge in [-0.3, -0.25) is 14.6 Å². The molecule has 1 N–H and O–H groups in total. The number of carbonyl (C=O) groups is 2. The van der Waals surface area contributed by atoms with E-state index in [4.69, 9.17) is 0 Å². The van der Waals surface area contributed by atoms with E-state index < -0.39 is 33.9 Å². The first-order chi connectivity index (χ1) is 16.1. The van der Waals surface area contributed by atoms with Gasteiger partial charge in [-0.05, 0) is 42.2 Å². The third-order valence-electron chi connectivity index (χ3n) is 6.55. The summed E-state index contributed by atoms with van der Waals surface area (Å²) in [6.45, 7) is 5.18. The van der Waals surface area contributed by atoms with E-state index in [2.05, 4.69) is 10.3 Å². The predicted octanol–water partition coefficient (Wildman–Crippen LogP) is 2.17. The predicted molar refractivity (Wildman–Crippen MR) is 124 cm³/mol. The smallest absolute Gasteiger partial charge is 0.255 e. The average molecular weight is 489 g/mol. The summed E-state index contributed by atoms with van der Waals surface area (Å²) in [6, 6.07) is 8.71. The van der Waals surface area contributed by atoms with E-state index in [0.717, 1.165) is 21.8 Å². The van der Waals surface area contributed by atoms with Gasteiger partial charge in [0, 0.05) is 25.8 Å². The maximum atomic E-state index is 13.3. The summed E-state index contributed by atoms with van der Waals surface area (Å²) in [5.74, 6) is -1.62. The number of pyridine rings is 1. The zero-order valence-electron chi connectivity index (χ0n) is 19.4. The molecule has 2 saturated heterocycles. The molecule has 8 nitrogen and oxygen atoms in total. The summed E-state index contributed by atoms with van der Waals surface area (Å²) in [7, 11) is -3.71. The molecule has 2 fully saturated rings. The van der Waals surface area contributed by atoms with E-state index in [-0.39, 0.29) is 17.6 Å². The van der Waals surface area contributed by atoms with Gasteiger partial charge < -0.3 is 10.2 Å². The van der Waals surface area contributed by atoms with Gasteiger partial charge in [-0.2, -0.15) is 0 Å². The molecule has 0 radical (unpaired) electrons. The second kappa shape index (κ2) is 9.42.